The van der Waals surface area contributed by atoms with E-state index in [4.69, 9.17) is 16.3 Å². The van der Waals surface area contributed by atoms with Crippen LogP contribution in [0.1, 0.15) is 18.1 Å². The SMILES string of the molecule is Cc1cccc(NC(=O)C(C)Oc2ccc(Cl)c(C)c2)c1. The summed E-state index contributed by atoms with van der Waals surface area (Å²) in [6.45, 7) is 5.59. The van der Waals surface area contributed by atoms with Crippen molar-refractivity contribution in [2.24, 2.45) is 0 Å². The molecule has 2 aromatic carbocycles. The number of benzene rings is 2. The molecule has 1 N–H and O–H groups in total. The Bertz CT molecular complexity index is 655. The van der Waals surface area contributed by atoms with Gasteiger partial charge in [0.1, 0.15) is 5.75 Å². The van der Waals surface area contributed by atoms with Crippen LogP contribution in [0.3, 0.4) is 0 Å². The monoisotopic (exact) mass is 303 g/mol. The van der Waals surface area contributed by atoms with Crippen LogP contribution in [0.15, 0.2) is 42.5 Å². The molecule has 0 spiro atoms. The van der Waals surface area contributed by atoms with Crippen LogP contribution in [-0.2, 0) is 4.79 Å². The van der Waals surface area contributed by atoms with Crippen LogP contribution < -0.4 is 10.1 Å². The number of carbonyl (C=O) groups is 1. The van der Waals surface area contributed by atoms with Crippen LogP contribution in [0.5, 0.6) is 5.75 Å². The number of halogens is 1. The smallest absolute Gasteiger partial charge is 0.265 e. The number of nitrogens with one attached hydrogen (secondary N) is 1. The number of aryl methyl sites for hydroxylation is 2. The molecule has 0 aromatic heterocycles. The number of amides is 1. The first-order valence-electron chi connectivity index (χ1n) is 6.76. The Hall–Kier alpha value is -2.00. The fraction of sp³-hybridized carbons (Fsp3) is 0.235. The molecule has 2 aromatic rings. The van der Waals surface area contributed by atoms with E-state index in [1.807, 2.05) is 44.2 Å². The lowest BCUT2D eigenvalue weighted by Crippen LogP contribution is -2.30. The van der Waals surface area contributed by atoms with Gasteiger partial charge in [0, 0.05) is 10.7 Å². The van der Waals surface area contributed by atoms with Gasteiger partial charge in [-0.25, -0.2) is 0 Å². The summed E-state index contributed by atoms with van der Waals surface area (Å²) in [6.07, 6.45) is -0.592. The molecule has 0 aliphatic heterocycles. The van der Waals surface area contributed by atoms with E-state index in [1.165, 1.54) is 0 Å². The highest BCUT2D eigenvalue weighted by atomic mass is 35.5. The van der Waals surface area contributed by atoms with Gasteiger partial charge in [-0.3, -0.25) is 4.79 Å². The van der Waals surface area contributed by atoms with Gasteiger partial charge in [-0.1, -0.05) is 23.7 Å². The standard InChI is InChI=1S/C17H18ClNO2/c1-11-5-4-6-14(9-11)19-17(20)13(3)21-15-7-8-16(18)12(2)10-15/h4-10,13H,1-3H3,(H,19,20). The first kappa shape index (κ1) is 15.4. The van der Waals surface area contributed by atoms with E-state index in [2.05, 4.69) is 5.32 Å². The fourth-order valence-corrected chi connectivity index (χ4v) is 2.03. The van der Waals surface area contributed by atoms with Crippen molar-refractivity contribution < 1.29 is 9.53 Å². The second kappa shape index (κ2) is 6.64. The second-order valence-corrected chi connectivity index (χ2v) is 5.44. The van der Waals surface area contributed by atoms with E-state index in [-0.39, 0.29) is 5.91 Å². The summed E-state index contributed by atoms with van der Waals surface area (Å²) in [5, 5.41) is 3.52. The predicted molar refractivity (Wildman–Crippen MR) is 86.1 cm³/mol. The third kappa shape index (κ3) is 4.23. The van der Waals surface area contributed by atoms with Crippen LogP contribution in [-0.4, -0.2) is 12.0 Å². The molecular formula is C17H18ClNO2. The topological polar surface area (TPSA) is 38.3 Å². The van der Waals surface area contributed by atoms with E-state index >= 15 is 0 Å². The van der Waals surface area contributed by atoms with Crippen molar-refractivity contribution in [3.8, 4) is 5.75 Å². The van der Waals surface area contributed by atoms with Crippen molar-refractivity contribution in [2.45, 2.75) is 26.9 Å². The Morgan fingerprint density at radius 3 is 2.62 bits per heavy atom. The number of rotatable bonds is 4. The average Bonchev–Trinajstić information content (AvgIpc) is 2.43. The van der Waals surface area contributed by atoms with Gasteiger partial charge in [-0.2, -0.15) is 0 Å². The lowest BCUT2D eigenvalue weighted by molar-refractivity contribution is -0.122. The highest BCUT2D eigenvalue weighted by Crippen LogP contribution is 2.22. The molecule has 21 heavy (non-hydrogen) atoms. The van der Waals surface area contributed by atoms with Crippen LogP contribution >= 0.6 is 11.6 Å². The summed E-state index contributed by atoms with van der Waals surface area (Å²) >= 11 is 5.97. The third-order valence-corrected chi connectivity index (χ3v) is 3.52. The summed E-state index contributed by atoms with van der Waals surface area (Å²) < 4.78 is 5.64. The Morgan fingerprint density at radius 2 is 1.95 bits per heavy atom. The van der Waals surface area contributed by atoms with Gasteiger partial charge in [0.25, 0.3) is 5.91 Å². The maximum absolute atomic E-state index is 12.1. The normalized spacial score (nSPS) is 11.8. The molecule has 0 saturated heterocycles. The van der Waals surface area contributed by atoms with Gasteiger partial charge in [0.2, 0.25) is 0 Å². The second-order valence-electron chi connectivity index (χ2n) is 5.03. The molecule has 2 rings (SSSR count). The third-order valence-electron chi connectivity index (χ3n) is 3.10. The van der Waals surface area contributed by atoms with E-state index < -0.39 is 6.10 Å². The van der Waals surface area contributed by atoms with E-state index in [0.29, 0.717) is 10.8 Å². The van der Waals surface area contributed by atoms with Crippen molar-refractivity contribution in [2.75, 3.05) is 5.32 Å². The first-order valence-corrected chi connectivity index (χ1v) is 7.14. The summed E-state index contributed by atoms with van der Waals surface area (Å²) in [6, 6.07) is 13.0. The van der Waals surface area contributed by atoms with Crippen LogP contribution in [0.25, 0.3) is 0 Å². The molecular weight excluding hydrogens is 286 g/mol. The summed E-state index contributed by atoms with van der Waals surface area (Å²) in [4.78, 5) is 12.1. The van der Waals surface area contributed by atoms with Crippen molar-refractivity contribution in [3.05, 3.63) is 58.6 Å². The van der Waals surface area contributed by atoms with Crippen LogP contribution in [0.2, 0.25) is 5.02 Å². The zero-order chi connectivity index (χ0) is 15.4. The minimum absolute atomic E-state index is 0.187. The van der Waals surface area contributed by atoms with Crippen LogP contribution in [0.4, 0.5) is 5.69 Å². The maximum Gasteiger partial charge on any atom is 0.265 e. The predicted octanol–water partition coefficient (Wildman–Crippen LogP) is 4.36. The summed E-state index contributed by atoms with van der Waals surface area (Å²) in [7, 11) is 0. The molecule has 0 heterocycles. The van der Waals surface area contributed by atoms with E-state index in [0.717, 1.165) is 16.8 Å². The molecule has 1 unspecified atom stereocenters. The minimum Gasteiger partial charge on any atom is -0.481 e. The maximum atomic E-state index is 12.1. The Kier molecular flexibility index (Phi) is 4.86. The summed E-state index contributed by atoms with van der Waals surface area (Å²) in [5.41, 5.74) is 2.78. The number of ether oxygens (including phenoxy) is 1. The number of hydrogen-bond acceptors (Lipinski definition) is 2. The summed E-state index contributed by atoms with van der Waals surface area (Å²) in [5.74, 6) is 0.442. The molecule has 1 atom stereocenters. The Labute approximate surface area is 129 Å². The molecule has 0 radical (unpaired) electrons. The van der Waals surface area contributed by atoms with Gasteiger partial charge in [-0.05, 0) is 62.2 Å². The number of anilines is 1. The lowest BCUT2D eigenvalue weighted by Gasteiger charge is -2.15. The molecule has 4 heteroatoms. The van der Waals surface area contributed by atoms with Crippen LogP contribution in [0, 0.1) is 13.8 Å². The molecule has 0 aliphatic rings. The van der Waals surface area contributed by atoms with Crippen molar-refractivity contribution in [3.63, 3.8) is 0 Å². The fourth-order valence-electron chi connectivity index (χ4n) is 1.91. The largest absolute Gasteiger partial charge is 0.481 e. The van der Waals surface area contributed by atoms with Crippen molar-refractivity contribution >= 4 is 23.2 Å². The molecule has 3 nitrogen and oxygen atoms in total. The Balaban J connectivity index is 2.00. The molecule has 0 aliphatic carbocycles. The lowest BCUT2D eigenvalue weighted by atomic mass is 10.2. The van der Waals surface area contributed by atoms with Crippen molar-refractivity contribution in [1.29, 1.82) is 0 Å². The van der Waals surface area contributed by atoms with Gasteiger partial charge in [-0.15, -0.1) is 0 Å². The van der Waals surface area contributed by atoms with Gasteiger partial charge >= 0.3 is 0 Å². The quantitative estimate of drug-likeness (QED) is 0.911. The number of hydrogen-bond donors (Lipinski definition) is 1. The average molecular weight is 304 g/mol. The molecule has 1 amide bonds. The minimum atomic E-state index is -0.592. The van der Waals surface area contributed by atoms with E-state index in [9.17, 15) is 4.79 Å². The zero-order valence-electron chi connectivity index (χ0n) is 12.3. The molecule has 110 valence electrons. The molecule has 0 saturated carbocycles. The molecule has 0 fully saturated rings. The van der Waals surface area contributed by atoms with Gasteiger partial charge in [0.15, 0.2) is 6.10 Å². The zero-order valence-corrected chi connectivity index (χ0v) is 13.1. The van der Waals surface area contributed by atoms with Crippen molar-refractivity contribution in [1.82, 2.24) is 0 Å². The Morgan fingerprint density at radius 1 is 1.19 bits per heavy atom. The van der Waals surface area contributed by atoms with Gasteiger partial charge < -0.3 is 10.1 Å². The highest BCUT2D eigenvalue weighted by molar-refractivity contribution is 6.31. The van der Waals surface area contributed by atoms with Gasteiger partial charge in [0.05, 0.1) is 0 Å². The highest BCUT2D eigenvalue weighted by Gasteiger charge is 2.15. The molecule has 0 bridgehead atoms. The van der Waals surface area contributed by atoms with E-state index in [1.54, 1.807) is 19.1 Å². The number of carbonyl (C=O) groups excluding carboxylic acids is 1. The first-order chi connectivity index (χ1) is 9.95.